The molecule has 1 aliphatic rings. The van der Waals surface area contributed by atoms with Crippen molar-refractivity contribution < 1.29 is 4.74 Å². The van der Waals surface area contributed by atoms with Gasteiger partial charge in [0.2, 0.25) is 0 Å². The number of rotatable bonds is 4. The second-order valence-electron chi connectivity index (χ2n) is 7.67. The molecule has 9 heteroatoms. The van der Waals surface area contributed by atoms with Crippen LogP contribution in [-0.4, -0.2) is 53.9 Å². The number of morpholine rings is 1. The number of aliphatic imine (C=N–C) groups is 1. The molecule has 6 nitrogen and oxygen atoms in total. The lowest BCUT2D eigenvalue weighted by Gasteiger charge is -2.36. The van der Waals surface area contributed by atoms with E-state index in [4.69, 9.17) is 27.9 Å². The zero-order chi connectivity index (χ0) is 20.3. The molecule has 0 radical (unpaired) electrons. The molecule has 160 valence electrons. The van der Waals surface area contributed by atoms with Gasteiger partial charge in [0, 0.05) is 44.4 Å². The van der Waals surface area contributed by atoms with Gasteiger partial charge in [-0.15, -0.1) is 24.0 Å². The summed E-state index contributed by atoms with van der Waals surface area (Å²) in [6.45, 7) is 7.24. The highest BCUT2D eigenvalue weighted by Crippen LogP contribution is 2.29. The zero-order valence-electron chi connectivity index (χ0n) is 17.2. The number of hydrogen-bond acceptors (Lipinski definition) is 3. The minimum atomic E-state index is -0.140. The van der Waals surface area contributed by atoms with Crippen LogP contribution >= 0.6 is 47.2 Å². The summed E-state index contributed by atoms with van der Waals surface area (Å²) in [4.78, 5) is 6.71. The average Bonchev–Trinajstić information content (AvgIpc) is 3.11. The SMILES string of the molecule is CN=C(NCC(C)(C)c1ccc(Cl)c(Cl)c1)N1CCOC(c2cnn(C)c2)C1.I. The maximum absolute atomic E-state index is 6.20. The fraction of sp³-hybridized carbons (Fsp3) is 0.500. The van der Waals surface area contributed by atoms with Crippen molar-refractivity contribution in [3.05, 3.63) is 51.8 Å². The van der Waals surface area contributed by atoms with Crippen LogP contribution in [0.15, 0.2) is 35.6 Å². The molecular formula is C20H28Cl2IN5O. The minimum Gasteiger partial charge on any atom is -0.370 e. The highest BCUT2D eigenvalue weighted by molar-refractivity contribution is 14.0. The first-order valence-electron chi connectivity index (χ1n) is 9.31. The highest BCUT2D eigenvalue weighted by Gasteiger charge is 2.27. The van der Waals surface area contributed by atoms with Gasteiger partial charge in [-0.05, 0) is 17.7 Å². The maximum atomic E-state index is 6.20. The highest BCUT2D eigenvalue weighted by atomic mass is 127. The molecule has 0 spiro atoms. The Morgan fingerprint density at radius 2 is 2.10 bits per heavy atom. The lowest BCUT2D eigenvalue weighted by atomic mass is 9.84. The summed E-state index contributed by atoms with van der Waals surface area (Å²) in [5.74, 6) is 0.866. The smallest absolute Gasteiger partial charge is 0.193 e. The molecule has 1 unspecified atom stereocenters. The molecule has 2 heterocycles. The third-order valence-corrected chi connectivity index (χ3v) is 5.80. The normalized spacial score (nSPS) is 17.8. The van der Waals surface area contributed by atoms with Crippen LogP contribution in [0.1, 0.15) is 31.1 Å². The summed E-state index contributed by atoms with van der Waals surface area (Å²) in [5, 5.41) is 8.90. The van der Waals surface area contributed by atoms with Crippen LogP contribution in [0.25, 0.3) is 0 Å². The van der Waals surface area contributed by atoms with Gasteiger partial charge >= 0.3 is 0 Å². The number of benzene rings is 1. The van der Waals surface area contributed by atoms with Crippen molar-refractivity contribution >= 4 is 53.1 Å². The monoisotopic (exact) mass is 551 g/mol. The Bertz CT molecular complexity index is 855. The lowest BCUT2D eigenvalue weighted by molar-refractivity contribution is -0.00808. The molecule has 0 amide bonds. The van der Waals surface area contributed by atoms with Gasteiger partial charge in [-0.25, -0.2) is 0 Å². The molecule has 1 N–H and O–H groups in total. The van der Waals surface area contributed by atoms with E-state index >= 15 is 0 Å². The van der Waals surface area contributed by atoms with Gasteiger partial charge in [0.15, 0.2) is 5.96 Å². The van der Waals surface area contributed by atoms with E-state index in [0.717, 1.165) is 30.2 Å². The van der Waals surface area contributed by atoms with Crippen molar-refractivity contribution in [1.82, 2.24) is 20.0 Å². The predicted molar refractivity (Wildman–Crippen MR) is 130 cm³/mol. The van der Waals surface area contributed by atoms with Crippen molar-refractivity contribution in [2.45, 2.75) is 25.4 Å². The third-order valence-electron chi connectivity index (χ3n) is 5.06. The summed E-state index contributed by atoms with van der Waals surface area (Å²) in [5.41, 5.74) is 2.07. The number of guanidine groups is 1. The number of aryl methyl sites for hydroxylation is 1. The average molecular weight is 552 g/mol. The van der Waals surface area contributed by atoms with E-state index < -0.39 is 0 Å². The van der Waals surface area contributed by atoms with Gasteiger partial charge in [0.1, 0.15) is 6.10 Å². The van der Waals surface area contributed by atoms with Crippen molar-refractivity contribution in [2.24, 2.45) is 12.0 Å². The molecule has 2 aromatic rings. The Balaban J connectivity index is 0.00000300. The number of aromatic nitrogens is 2. The number of ether oxygens (including phenoxy) is 1. The quantitative estimate of drug-likeness (QED) is 0.350. The molecular weight excluding hydrogens is 524 g/mol. The van der Waals surface area contributed by atoms with Gasteiger partial charge < -0.3 is 15.0 Å². The molecule has 1 fully saturated rings. The molecule has 1 aromatic carbocycles. The summed E-state index contributed by atoms with van der Waals surface area (Å²) in [7, 11) is 3.72. The van der Waals surface area contributed by atoms with Gasteiger partial charge in [0.05, 0.1) is 29.4 Å². The fourth-order valence-corrected chi connectivity index (χ4v) is 3.60. The molecule has 0 bridgehead atoms. The molecule has 1 aromatic heterocycles. The van der Waals surface area contributed by atoms with Crippen LogP contribution in [-0.2, 0) is 17.2 Å². The Morgan fingerprint density at radius 1 is 1.34 bits per heavy atom. The number of halogens is 3. The Labute approximate surface area is 199 Å². The second-order valence-corrected chi connectivity index (χ2v) is 8.48. The number of nitrogens with zero attached hydrogens (tertiary/aromatic N) is 4. The number of nitrogens with one attached hydrogen (secondary N) is 1. The van der Waals surface area contributed by atoms with Crippen LogP contribution in [0.4, 0.5) is 0 Å². The molecule has 3 rings (SSSR count). The summed E-state index contributed by atoms with van der Waals surface area (Å²) >= 11 is 12.3. The molecule has 29 heavy (non-hydrogen) atoms. The molecule has 0 saturated carbocycles. The first kappa shape index (κ1) is 24.2. The molecule has 1 atom stereocenters. The summed E-state index contributed by atoms with van der Waals surface area (Å²) in [6.07, 6.45) is 3.85. The Morgan fingerprint density at radius 3 is 2.72 bits per heavy atom. The van der Waals surface area contributed by atoms with E-state index in [0.29, 0.717) is 23.2 Å². The first-order valence-corrected chi connectivity index (χ1v) is 10.1. The van der Waals surface area contributed by atoms with E-state index in [1.807, 2.05) is 44.7 Å². The minimum absolute atomic E-state index is 0. The summed E-state index contributed by atoms with van der Waals surface area (Å²) < 4.78 is 7.73. The molecule has 0 aliphatic carbocycles. The van der Waals surface area contributed by atoms with E-state index in [2.05, 4.69) is 34.2 Å². The van der Waals surface area contributed by atoms with Crippen LogP contribution in [0, 0.1) is 0 Å². The van der Waals surface area contributed by atoms with Gasteiger partial charge in [-0.1, -0.05) is 43.1 Å². The van der Waals surface area contributed by atoms with Gasteiger partial charge in [-0.2, -0.15) is 5.10 Å². The van der Waals surface area contributed by atoms with Crippen LogP contribution in [0.3, 0.4) is 0 Å². The molecule has 1 saturated heterocycles. The van der Waals surface area contributed by atoms with E-state index in [-0.39, 0.29) is 35.5 Å². The Hall–Kier alpha value is -1.03. The van der Waals surface area contributed by atoms with E-state index in [9.17, 15) is 0 Å². The molecule has 1 aliphatic heterocycles. The second kappa shape index (κ2) is 10.3. The van der Waals surface area contributed by atoms with Gasteiger partial charge in [-0.3, -0.25) is 9.67 Å². The van der Waals surface area contributed by atoms with Crippen LogP contribution in [0.5, 0.6) is 0 Å². The largest absolute Gasteiger partial charge is 0.370 e. The van der Waals surface area contributed by atoms with Gasteiger partial charge in [0.25, 0.3) is 0 Å². The Kier molecular flexibility index (Phi) is 8.63. The predicted octanol–water partition coefficient (Wildman–Crippen LogP) is 4.27. The first-order chi connectivity index (χ1) is 13.3. The van der Waals surface area contributed by atoms with Crippen molar-refractivity contribution in [3.8, 4) is 0 Å². The van der Waals surface area contributed by atoms with Crippen molar-refractivity contribution in [1.29, 1.82) is 0 Å². The third kappa shape index (κ3) is 5.99. The van der Waals surface area contributed by atoms with Crippen molar-refractivity contribution in [3.63, 3.8) is 0 Å². The topological polar surface area (TPSA) is 54.7 Å². The van der Waals surface area contributed by atoms with Crippen LogP contribution in [0.2, 0.25) is 10.0 Å². The lowest BCUT2D eigenvalue weighted by Crippen LogP contribution is -2.50. The van der Waals surface area contributed by atoms with Crippen molar-refractivity contribution in [2.75, 3.05) is 33.3 Å². The van der Waals surface area contributed by atoms with E-state index in [1.54, 1.807) is 4.68 Å². The standard InChI is InChI=1S/C20H27Cl2N5O.HI/c1-20(2,15-5-6-16(21)17(22)9-15)13-24-19(23-3)27-7-8-28-18(12-27)14-10-25-26(4)11-14;/h5-6,9-11,18H,7-8,12-13H2,1-4H3,(H,23,24);1H. The van der Waals surface area contributed by atoms with E-state index in [1.165, 1.54) is 0 Å². The zero-order valence-corrected chi connectivity index (χ0v) is 21.0. The summed E-state index contributed by atoms with van der Waals surface area (Å²) in [6, 6.07) is 5.80. The maximum Gasteiger partial charge on any atom is 0.193 e. The fourth-order valence-electron chi connectivity index (χ4n) is 3.30. The number of hydrogen-bond donors (Lipinski definition) is 1. The van der Waals surface area contributed by atoms with Crippen LogP contribution < -0.4 is 5.32 Å².